The molecule has 0 aliphatic rings. The average Bonchev–Trinajstić information content (AvgIpc) is 2.85. The van der Waals surface area contributed by atoms with Crippen LogP contribution in [0.4, 0.5) is 11.4 Å². The van der Waals surface area contributed by atoms with E-state index in [9.17, 15) is 8.42 Å². The lowest BCUT2D eigenvalue weighted by atomic mass is 10.3. The molecule has 0 saturated heterocycles. The molecule has 0 aliphatic heterocycles. The molecule has 33 heavy (non-hydrogen) atoms. The first-order chi connectivity index (χ1) is 15.9. The molecule has 0 radical (unpaired) electrons. The molecule has 0 fully saturated rings. The van der Waals surface area contributed by atoms with Gasteiger partial charge in [0.15, 0.2) is 0 Å². The number of benzene rings is 2. The zero-order valence-electron chi connectivity index (χ0n) is 20.8. The summed E-state index contributed by atoms with van der Waals surface area (Å²) >= 11 is 0. The Hall–Kier alpha value is -2.09. The Morgan fingerprint density at radius 3 is 1.24 bits per heavy atom. The highest BCUT2D eigenvalue weighted by Crippen LogP contribution is 2.23. The normalized spacial score (nSPS) is 11.8. The van der Waals surface area contributed by atoms with Gasteiger partial charge in [0, 0.05) is 24.5 Å². The molecule has 7 heteroatoms. The molecule has 0 unspecified atom stereocenters. The Kier molecular flexibility index (Phi) is 11.7. The van der Waals surface area contributed by atoms with Gasteiger partial charge in [0.2, 0.25) is 9.84 Å². The second-order valence-corrected chi connectivity index (χ2v) is 10.1. The highest BCUT2D eigenvalue weighted by molar-refractivity contribution is 7.91. The number of hydrogen-bond acceptors (Lipinski definition) is 6. The van der Waals surface area contributed by atoms with Crippen LogP contribution in [0.5, 0.6) is 0 Å². The van der Waals surface area contributed by atoms with Crippen LogP contribution in [0.2, 0.25) is 0 Å². The Bertz CT molecular complexity index is 821. The number of sulfone groups is 1. The van der Waals surface area contributed by atoms with E-state index in [0.29, 0.717) is 9.79 Å². The zero-order chi connectivity index (χ0) is 24.1. The fourth-order valence-electron chi connectivity index (χ4n) is 3.79. The largest absolute Gasteiger partial charge is 0.385 e. The van der Waals surface area contributed by atoms with Crippen molar-refractivity contribution in [1.82, 2.24) is 9.80 Å². The molecule has 0 bridgehead atoms. The number of hydrogen-bond donors (Lipinski definition) is 2. The van der Waals surface area contributed by atoms with Gasteiger partial charge in [-0.3, -0.25) is 0 Å². The summed E-state index contributed by atoms with van der Waals surface area (Å²) in [6, 6.07) is 14.1. The first kappa shape index (κ1) is 27.2. The van der Waals surface area contributed by atoms with Gasteiger partial charge >= 0.3 is 0 Å². The average molecular weight is 475 g/mol. The molecule has 184 valence electrons. The number of nitrogens with one attached hydrogen (secondary N) is 2. The second-order valence-electron chi connectivity index (χ2n) is 8.17. The fourth-order valence-corrected chi connectivity index (χ4v) is 5.05. The lowest BCUT2D eigenvalue weighted by Gasteiger charge is -2.18. The van der Waals surface area contributed by atoms with Gasteiger partial charge in [-0.25, -0.2) is 8.42 Å². The molecule has 6 nitrogen and oxygen atoms in total. The number of rotatable bonds is 16. The van der Waals surface area contributed by atoms with E-state index in [0.717, 1.165) is 76.6 Å². The fraction of sp³-hybridized carbons (Fsp3) is 0.538. The van der Waals surface area contributed by atoms with Crippen molar-refractivity contribution >= 4 is 21.2 Å². The first-order valence-electron chi connectivity index (χ1n) is 12.3. The smallest absolute Gasteiger partial charge is 0.206 e. The van der Waals surface area contributed by atoms with Crippen molar-refractivity contribution < 1.29 is 8.42 Å². The first-order valence-corrected chi connectivity index (χ1v) is 13.8. The summed E-state index contributed by atoms with van der Waals surface area (Å²) in [5.41, 5.74) is 1.88. The Labute approximate surface area is 201 Å². The molecule has 0 aromatic heterocycles. The van der Waals surface area contributed by atoms with E-state index in [-0.39, 0.29) is 0 Å². The van der Waals surface area contributed by atoms with Crippen LogP contribution < -0.4 is 10.6 Å². The maximum absolute atomic E-state index is 13.0. The molecule has 2 aromatic carbocycles. The Morgan fingerprint density at radius 2 is 0.939 bits per heavy atom. The lowest BCUT2D eigenvalue weighted by Crippen LogP contribution is -2.25. The third-order valence-electron chi connectivity index (χ3n) is 6.08. The van der Waals surface area contributed by atoms with E-state index in [1.54, 1.807) is 24.3 Å². The molecule has 2 N–H and O–H groups in total. The maximum atomic E-state index is 13.0. The van der Waals surface area contributed by atoms with Crippen LogP contribution in [0.1, 0.15) is 40.5 Å². The summed E-state index contributed by atoms with van der Waals surface area (Å²) < 4.78 is 26.0. The van der Waals surface area contributed by atoms with Crippen molar-refractivity contribution in [2.24, 2.45) is 0 Å². The van der Waals surface area contributed by atoms with Gasteiger partial charge in [0.25, 0.3) is 0 Å². The number of anilines is 2. The molecular formula is C26H42N4O2S. The Morgan fingerprint density at radius 1 is 0.606 bits per heavy atom. The van der Waals surface area contributed by atoms with Crippen LogP contribution in [-0.2, 0) is 9.84 Å². The summed E-state index contributed by atoms with van der Waals surface area (Å²) in [5.74, 6) is 0. The monoisotopic (exact) mass is 474 g/mol. The van der Waals surface area contributed by atoms with Crippen molar-refractivity contribution in [2.75, 3.05) is 63.0 Å². The molecule has 2 rings (SSSR count). The van der Waals surface area contributed by atoms with Crippen LogP contribution in [0, 0.1) is 0 Å². The van der Waals surface area contributed by atoms with Crippen LogP contribution in [0.15, 0.2) is 58.3 Å². The van der Waals surface area contributed by atoms with Crippen LogP contribution in [0.3, 0.4) is 0 Å². The third kappa shape index (κ3) is 8.65. The molecule has 0 saturated carbocycles. The van der Waals surface area contributed by atoms with Gasteiger partial charge in [0.05, 0.1) is 9.79 Å². The molecular weight excluding hydrogens is 432 g/mol. The lowest BCUT2D eigenvalue weighted by molar-refractivity contribution is 0.303. The molecule has 0 spiro atoms. The highest BCUT2D eigenvalue weighted by Gasteiger charge is 2.17. The van der Waals surface area contributed by atoms with E-state index in [2.05, 4.69) is 48.1 Å². The minimum absolute atomic E-state index is 0.316. The van der Waals surface area contributed by atoms with Crippen molar-refractivity contribution in [3.63, 3.8) is 0 Å². The third-order valence-corrected chi connectivity index (χ3v) is 7.86. The summed E-state index contributed by atoms with van der Waals surface area (Å²) in [7, 11) is -3.53. The SMILES string of the molecule is CCN(CC)CCCNc1ccc(S(=O)(=O)c2ccc(NCCCN(CC)CC)cc2)cc1. The van der Waals surface area contributed by atoms with E-state index in [1.807, 2.05) is 24.3 Å². The van der Waals surface area contributed by atoms with Crippen LogP contribution in [0.25, 0.3) is 0 Å². The topological polar surface area (TPSA) is 64.7 Å². The minimum Gasteiger partial charge on any atom is -0.385 e. The molecule has 0 aliphatic carbocycles. The summed E-state index contributed by atoms with van der Waals surface area (Å²) in [5, 5.41) is 6.76. The second kappa shape index (κ2) is 14.2. The standard InChI is InChI=1S/C26H42N4O2S/c1-5-29(6-2)21-9-19-27-23-11-15-25(16-12-23)33(31,32)26-17-13-24(14-18-26)28-20-10-22-30(7-3)8-4/h11-18,27-28H,5-10,19-22H2,1-4H3. The zero-order valence-corrected chi connectivity index (χ0v) is 21.6. The minimum atomic E-state index is -3.53. The predicted molar refractivity (Wildman–Crippen MR) is 140 cm³/mol. The van der Waals surface area contributed by atoms with Crippen molar-refractivity contribution in [2.45, 2.75) is 50.3 Å². The van der Waals surface area contributed by atoms with Crippen molar-refractivity contribution in [3.05, 3.63) is 48.5 Å². The van der Waals surface area contributed by atoms with Gasteiger partial charge < -0.3 is 20.4 Å². The highest BCUT2D eigenvalue weighted by atomic mass is 32.2. The summed E-state index contributed by atoms with van der Waals surface area (Å²) in [4.78, 5) is 5.42. The van der Waals surface area contributed by atoms with E-state index in [1.165, 1.54) is 0 Å². The van der Waals surface area contributed by atoms with Crippen LogP contribution in [-0.4, -0.2) is 70.6 Å². The predicted octanol–water partition coefficient (Wildman–Crippen LogP) is 4.81. The molecule has 2 aromatic rings. The van der Waals surface area contributed by atoms with Gasteiger partial charge in [-0.2, -0.15) is 0 Å². The van der Waals surface area contributed by atoms with Gasteiger partial charge in [0.1, 0.15) is 0 Å². The molecule has 0 atom stereocenters. The van der Waals surface area contributed by atoms with Crippen molar-refractivity contribution in [3.8, 4) is 0 Å². The molecule has 0 amide bonds. The van der Waals surface area contributed by atoms with E-state index in [4.69, 9.17) is 0 Å². The van der Waals surface area contributed by atoms with Crippen LogP contribution >= 0.6 is 0 Å². The van der Waals surface area contributed by atoms with E-state index < -0.39 is 9.84 Å². The van der Waals surface area contributed by atoms with Crippen molar-refractivity contribution in [1.29, 1.82) is 0 Å². The van der Waals surface area contributed by atoms with E-state index >= 15 is 0 Å². The number of nitrogens with zero attached hydrogens (tertiary/aromatic N) is 2. The summed E-state index contributed by atoms with van der Waals surface area (Å²) in [6.45, 7) is 16.8. The van der Waals surface area contributed by atoms with Gasteiger partial charge in [-0.15, -0.1) is 0 Å². The Balaban J connectivity index is 1.87. The molecule has 0 heterocycles. The quantitative estimate of drug-likeness (QED) is 0.341. The van der Waals surface area contributed by atoms with Gasteiger partial charge in [-0.1, -0.05) is 27.7 Å². The summed E-state index contributed by atoms with van der Waals surface area (Å²) in [6.07, 6.45) is 2.11. The maximum Gasteiger partial charge on any atom is 0.206 e. The van der Waals surface area contributed by atoms with Gasteiger partial charge in [-0.05, 0) is 101 Å².